The highest BCUT2D eigenvalue weighted by Gasteiger charge is 2.07. The maximum atomic E-state index is 5.91. The summed E-state index contributed by atoms with van der Waals surface area (Å²) in [7, 11) is 0. The summed E-state index contributed by atoms with van der Waals surface area (Å²) < 4.78 is 5.69. The van der Waals surface area contributed by atoms with E-state index in [4.69, 9.17) is 10.5 Å². The monoisotopic (exact) mass is 250 g/mol. The molecule has 0 bridgehead atoms. The van der Waals surface area contributed by atoms with Gasteiger partial charge < -0.3 is 15.8 Å². The Morgan fingerprint density at radius 2 is 1.94 bits per heavy atom. The van der Waals surface area contributed by atoms with Crippen LogP contribution in [0.25, 0.3) is 0 Å². The summed E-state index contributed by atoms with van der Waals surface area (Å²) in [6.07, 6.45) is 3.63. The predicted molar refractivity (Wildman–Crippen MR) is 79.2 cm³/mol. The molecule has 0 radical (unpaired) electrons. The van der Waals surface area contributed by atoms with Gasteiger partial charge in [-0.2, -0.15) is 0 Å². The zero-order chi connectivity index (χ0) is 13.5. The highest BCUT2D eigenvalue weighted by Crippen LogP contribution is 2.24. The van der Waals surface area contributed by atoms with Gasteiger partial charge in [0.25, 0.3) is 0 Å². The Hall–Kier alpha value is -1.38. The maximum Gasteiger partial charge on any atom is 0.123 e. The van der Waals surface area contributed by atoms with Crippen LogP contribution in [0.2, 0.25) is 0 Å². The van der Waals surface area contributed by atoms with Gasteiger partial charge in [0, 0.05) is 29.5 Å². The molecular formula is C15H26N2O. The van der Waals surface area contributed by atoms with Crippen LogP contribution in [-0.4, -0.2) is 12.1 Å². The third kappa shape index (κ3) is 4.86. The lowest BCUT2D eigenvalue weighted by Gasteiger charge is -2.19. The molecule has 1 aromatic carbocycles. The molecule has 3 nitrogen and oxygen atoms in total. The largest absolute Gasteiger partial charge is 0.491 e. The molecule has 3 N–H and O–H groups in total. The zero-order valence-electron chi connectivity index (χ0n) is 12.0. The first kappa shape index (κ1) is 14.7. The molecule has 102 valence electrons. The topological polar surface area (TPSA) is 47.3 Å². The normalized spacial score (nSPS) is 12.5. The molecule has 0 amide bonds. The Morgan fingerprint density at radius 1 is 1.22 bits per heavy atom. The first-order valence-electron chi connectivity index (χ1n) is 6.88. The number of ether oxygens (including phenoxy) is 1. The minimum Gasteiger partial charge on any atom is -0.491 e. The lowest BCUT2D eigenvalue weighted by atomic mass is 10.1. The van der Waals surface area contributed by atoms with Crippen molar-refractivity contribution in [1.82, 2.24) is 0 Å². The van der Waals surface area contributed by atoms with Crippen LogP contribution in [0.3, 0.4) is 0 Å². The number of anilines is 2. The van der Waals surface area contributed by atoms with E-state index in [0.29, 0.717) is 6.04 Å². The van der Waals surface area contributed by atoms with Crippen LogP contribution in [0.15, 0.2) is 18.2 Å². The van der Waals surface area contributed by atoms with E-state index in [1.807, 2.05) is 32.0 Å². The molecule has 0 aromatic heterocycles. The molecule has 0 heterocycles. The third-order valence-corrected chi connectivity index (χ3v) is 2.80. The molecule has 18 heavy (non-hydrogen) atoms. The molecule has 0 saturated heterocycles. The number of benzene rings is 1. The van der Waals surface area contributed by atoms with Crippen LogP contribution in [0, 0.1) is 0 Å². The fourth-order valence-corrected chi connectivity index (χ4v) is 2.01. The van der Waals surface area contributed by atoms with E-state index in [9.17, 15) is 0 Å². The van der Waals surface area contributed by atoms with Crippen LogP contribution in [0.1, 0.15) is 47.0 Å². The average molecular weight is 250 g/mol. The number of nitrogens with two attached hydrogens (primary N) is 1. The predicted octanol–water partition coefficient (Wildman–Crippen LogP) is 4.05. The summed E-state index contributed by atoms with van der Waals surface area (Å²) in [6, 6.07) is 6.36. The molecule has 1 unspecified atom stereocenters. The number of hydrogen-bond donors (Lipinski definition) is 2. The minimum atomic E-state index is 0.164. The summed E-state index contributed by atoms with van der Waals surface area (Å²) in [5, 5.41) is 3.52. The van der Waals surface area contributed by atoms with Crippen LogP contribution in [-0.2, 0) is 0 Å². The third-order valence-electron chi connectivity index (χ3n) is 2.80. The fourth-order valence-electron chi connectivity index (χ4n) is 2.01. The van der Waals surface area contributed by atoms with Gasteiger partial charge in [-0.25, -0.2) is 0 Å². The summed E-state index contributed by atoms with van der Waals surface area (Å²) >= 11 is 0. The highest BCUT2D eigenvalue weighted by atomic mass is 16.5. The van der Waals surface area contributed by atoms with Crippen molar-refractivity contribution < 1.29 is 4.74 Å². The zero-order valence-corrected chi connectivity index (χ0v) is 12.0. The van der Waals surface area contributed by atoms with E-state index in [1.165, 1.54) is 12.8 Å². The maximum absolute atomic E-state index is 5.91. The van der Waals surface area contributed by atoms with Gasteiger partial charge in [0.1, 0.15) is 5.75 Å². The Morgan fingerprint density at radius 3 is 2.50 bits per heavy atom. The number of rotatable bonds is 7. The Kier molecular flexibility index (Phi) is 5.83. The summed E-state index contributed by atoms with van der Waals surface area (Å²) in [5.41, 5.74) is 7.69. The van der Waals surface area contributed by atoms with Crippen molar-refractivity contribution in [3.8, 4) is 5.75 Å². The molecule has 0 aliphatic rings. The molecule has 1 aromatic rings. The quantitative estimate of drug-likeness (QED) is 0.718. The van der Waals surface area contributed by atoms with E-state index in [0.717, 1.165) is 23.5 Å². The molecule has 3 heteroatoms. The van der Waals surface area contributed by atoms with Crippen LogP contribution < -0.4 is 15.8 Å². The smallest absolute Gasteiger partial charge is 0.123 e. The lowest BCUT2D eigenvalue weighted by Crippen LogP contribution is -2.18. The number of nitrogens with one attached hydrogen (secondary N) is 1. The molecule has 1 rings (SSSR count). The SMILES string of the molecule is CCCC(CC)Nc1cc(N)cc(OC(C)C)c1. The molecule has 0 aliphatic heterocycles. The van der Waals surface area contributed by atoms with Gasteiger partial charge in [-0.1, -0.05) is 20.3 Å². The minimum absolute atomic E-state index is 0.164. The Labute approximate surface area is 111 Å². The van der Waals surface area contributed by atoms with Crippen molar-refractivity contribution in [3.63, 3.8) is 0 Å². The van der Waals surface area contributed by atoms with E-state index in [2.05, 4.69) is 19.2 Å². The summed E-state index contributed by atoms with van der Waals surface area (Å²) in [6.45, 7) is 8.44. The van der Waals surface area contributed by atoms with Crippen LogP contribution in [0.4, 0.5) is 11.4 Å². The van der Waals surface area contributed by atoms with Crippen molar-refractivity contribution >= 4 is 11.4 Å². The second kappa shape index (κ2) is 7.14. The molecule has 0 fully saturated rings. The molecular weight excluding hydrogens is 224 g/mol. The molecule has 0 saturated carbocycles. The van der Waals surface area contributed by atoms with E-state index in [-0.39, 0.29) is 6.10 Å². The van der Waals surface area contributed by atoms with Crippen molar-refractivity contribution in [2.24, 2.45) is 0 Å². The van der Waals surface area contributed by atoms with Crippen molar-refractivity contribution in [2.75, 3.05) is 11.1 Å². The first-order chi connectivity index (χ1) is 8.55. The van der Waals surface area contributed by atoms with Gasteiger partial charge in [-0.3, -0.25) is 0 Å². The van der Waals surface area contributed by atoms with Crippen molar-refractivity contribution in [2.45, 2.75) is 59.1 Å². The number of nitrogen functional groups attached to an aromatic ring is 1. The van der Waals surface area contributed by atoms with Gasteiger partial charge in [0.05, 0.1) is 6.10 Å². The van der Waals surface area contributed by atoms with Gasteiger partial charge >= 0.3 is 0 Å². The summed E-state index contributed by atoms with van der Waals surface area (Å²) in [4.78, 5) is 0. The van der Waals surface area contributed by atoms with Crippen molar-refractivity contribution in [3.05, 3.63) is 18.2 Å². The van der Waals surface area contributed by atoms with Gasteiger partial charge in [-0.15, -0.1) is 0 Å². The highest BCUT2D eigenvalue weighted by molar-refractivity contribution is 5.59. The Bertz CT molecular complexity index is 364. The summed E-state index contributed by atoms with van der Waals surface area (Å²) in [5.74, 6) is 0.832. The van der Waals surface area contributed by atoms with E-state index >= 15 is 0 Å². The molecule has 0 spiro atoms. The van der Waals surface area contributed by atoms with Crippen LogP contribution >= 0.6 is 0 Å². The molecule has 1 atom stereocenters. The fraction of sp³-hybridized carbons (Fsp3) is 0.600. The Balaban J connectivity index is 2.78. The second-order valence-electron chi connectivity index (χ2n) is 5.00. The standard InChI is InChI=1S/C15H26N2O/c1-5-7-13(6-2)17-14-8-12(16)9-15(10-14)18-11(3)4/h8-11,13,17H,5-7,16H2,1-4H3. The van der Waals surface area contributed by atoms with Crippen molar-refractivity contribution in [1.29, 1.82) is 0 Å². The van der Waals surface area contributed by atoms with E-state index in [1.54, 1.807) is 0 Å². The van der Waals surface area contributed by atoms with Crippen LogP contribution in [0.5, 0.6) is 5.75 Å². The van der Waals surface area contributed by atoms with Gasteiger partial charge in [0.2, 0.25) is 0 Å². The van der Waals surface area contributed by atoms with E-state index < -0.39 is 0 Å². The van der Waals surface area contributed by atoms with Gasteiger partial charge in [0.15, 0.2) is 0 Å². The average Bonchev–Trinajstić information content (AvgIpc) is 2.26. The number of hydrogen-bond acceptors (Lipinski definition) is 3. The molecule has 0 aliphatic carbocycles. The second-order valence-corrected chi connectivity index (χ2v) is 5.00. The first-order valence-corrected chi connectivity index (χ1v) is 6.88. The van der Waals surface area contributed by atoms with Gasteiger partial charge in [-0.05, 0) is 32.8 Å². The lowest BCUT2D eigenvalue weighted by molar-refractivity contribution is 0.242.